The fourth-order valence-corrected chi connectivity index (χ4v) is 1.69. The highest BCUT2D eigenvalue weighted by Gasteiger charge is 2.05. The Labute approximate surface area is 79.3 Å². The SMILES string of the molecule is Cc1cccc2c1nc(Br)n2C. The quantitative estimate of drug-likeness (QED) is 0.673. The molecule has 0 aliphatic rings. The van der Waals surface area contributed by atoms with Gasteiger partial charge in [0.25, 0.3) is 0 Å². The largest absolute Gasteiger partial charge is 0.322 e. The predicted molar refractivity (Wildman–Crippen MR) is 53.2 cm³/mol. The van der Waals surface area contributed by atoms with Gasteiger partial charge in [-0.05, 0) is 34.5 Å². The maximum Gasteiger partial charge on any atom is 0.177 e. The fraction of sp³-hybridized carbons (Fsp3) is 0.222. The summed E-state index contributed by atoms with van der Waals surface area (Å²) in [7, 11) is 2.00. The molecule has 0 saturated carbocycles. The van der Waals surface area contributed by atoms with E-state index in [-0.39, 0.29) is 0 Å². The Balaban J connectivity index is 2.95. The van der Waals surface area contributed by atoms with E-state index in [0.29, 0.717) is 0 Å². The number of aryl methyl sites for hydroxylation is 2. The summed E-state index contributed by atoms with van der Waals surface area (Å²) in [6, 6.07) is 6.19. The van der Waals surface area contributed by atoms with Crippen LogP contribution in [-0.4, -0.2) is 9.55 Å². The number of benzene rings is 1. The standard InChI is InChI=1S/C9H9BrN2/c1-6-4-3-5-7-8(6)11-9(10)12(7)2/h3-5H,1-2H3. The molecule has 0 unspecified atom stereocenters. The monoisotopic (exact) mass is 224 g/mol. The number of para-hydroxylation sites is 1. The van der Waals surface area contributed by atoms with Gasteiger partial charge in [0.15, 0.2) is 4.73 Å². The molecule has 1 aromatic carbocycles. The van der Waals surface area contributed by atoms with Gasteiger partial charge in [0.2, 0.25) is 0 Å². The molecule has 0 bridgehead atoms. The van der Waals surface area contributed by atoms with E-state index in [9.17, 15) is 0 Å². The number of hydrogen-bond acceptors (Lipinski definition) is 1. The average Bonchev–Trinajstić information content (AvgIpc) is 2.32. The van der Waals surface area contributed by atoms with Gasteiger partial charge in [0.05, 0.1) is 11.0 Å². The lowest BCUT2D eigenvalue weighted by Crippen LogP contribution is -1.86. The van der Waals surface area contributed by atoms with Crippen LogP contribution in [0.15, 0.2) is 22.9 Å². The van der Waals surface area contributed by atoms with Crippen molar-refractivity contribution in [2.24, 2.45) is 7.05 Å². The van der Waals surface area contributed by atoms with E-state index in [0.717, 1.165) is 10.3 Å². The van der Waals surface area contributed by atoms with E-state index < -0.39 is 0 Å². The highest BCUT2D eigenvalue weighted by Crippen LogP contribution is 2.20. The molecule has 3 heteroatoms. The third kappa shape index (κ3) is 0.966. The minimum Gasteiger partial charge on any atom is -0.322 e. The highest BCUT2D eigenvalue weighted by molar-refractivity contribution is 9.10. The van der Waals surface area contributed by atoms with Crippen LogP contribution in [0.25, 0.3) is 11.0 Å². The van der Waals surface area contributed by atoms with Crippen LogP contribution in [0.3, 0.4) is 0 Å². The molecule has 2 aromatic rings. The van der Waals surface area contributed by atoms with Gasteiger partial charge in [-0.3, -0.25) is 0 Å². The Morgan fingerprint density at radius 2 is 2.17 bits per heavy atom. The Morgan fingerprint density at radius 3 is 2.83 bits per heavy atom. The van der Waals surface area contributed by atoms with E-state index in [4.69, 9.17) is 0 Å². The van der Waals surface area contributed by atoms with Crippen LogP contribution >= 0.6 is 15.9 Å². The molecule has 1 heterocycles. The summed E-state index contributed by atoms with van der Waals surface area (Å²) in [6.07, 6.45) is 0. The van der Waals surface area contributed by atoms with Gasteiger partial charge in [-0.2, -0.15) is 0 Å². The molecule has 0 fully saturated rings. The van der Waals surface area contributed by atoms with Crippen molar-refractivity contribution in [3.8, 4) is 0 Å². The number of hydrogen-bond donors (Lipinski definition) is 0. The van der Waals surface area contributed by atoms with E-state index >= 15 is 0 Å². The minimum absolute atomic E-state index is 0.881. The number of aromatic nitrogens is 2. The summed E-state index contributed by atoms with van der Waals surface area (Å²) < 4.78 is 2.91. The van der Waals surface area contributed by atoms with E-state index in [1.807, 2.05) is 17.7 Å². The normalized spacial score (nSPS) is 10.9. The summed E-state index contributed by atoms with van der Waals surface area (Å²) in [6.45, 7) is 2.07. The molecule has 0 saturated heterocycles. The second kappa shape index (κ2) is 2.59. The lowest BCUT2D eigenvalue weighted by atomic mass is 10.2. The number of nitrogens with zero attached hydrogens (tertiary/aromatic N) is 2. The molecule has 0 atom stereocenters. The van der Waals surface area contributed by atoms with Crippen molar-refractivity contribution in [1.82, 2.24) is 9.55 Å². The van der Waals surface area contributed by atoms with Gasteiger partial charge in [-0.1, -0.05) is 12.1 Å². The third-order valence-corrected chi connectivity index (χ3v) is 2.77. The number of rotatable bonds is 0. The first-order chi connectivity index (χ1) is 5.70. The zero-order valence-electron chi connectivity index (χ0n) is 7.00. The van der Waals surface area contributed by atoms with E-state index in [1.54, 1.807) is 0 Å². The predicted octanol–water partition coefficient (Wildman–Crippen LogP) is 2.64. The number of halogens is 1. The van der Waals surface area contributed by atoms with E-state index in [2.05, 4.69) is 40.0 Å². The Kier molecular flexibility index (Phi) is 1.68. The van der Waals surface area contributed by atoms with Gasteiger partial charge < -0.3 is 4.57 Å². The van der Waals surface area contributed by atoms with Crippen LogP contribution in [-0.2, 0) is 7.05 Å². The van der Waals surface area contributed by atoms with Crippen molar-refractivity contribution in [2.45, 2.75) is 6.92 Å². The Morgan fingerprint density at radius 1 is 1.42 bits per heavy atom. The highest BCUT2D eigenvalue weighted by atomic mass is 79.9. The average molecular weight is 225 g/mol. The van der Waals surface area contributed by atoms with Crippen LogP contribution in [0, 0.1) is 6.92 Å². The summed E-state index contributed by atoms with van der Waals surface area (Å²) in [5.74, 6) is 0. The van der Waals surface area contributed by atoms with Gasteiger partial charge in [0, 0.05) is 7.05 Å². The zero-order valence-corrected chi connectivity index (χ0v) is 8.59. The van der Waals surface area contributed by atoms with Crippen molar-refractivity contribution in [2.75, 3.05) is 0 Å². The summed E-state index contributed by atoms with van der Waals surface area (Å²) in [5.41, 5.74) is 3.46. The molecular weight excluding hydrogens is 216 g/mol. The summed E-state index contributed by atoms with van der Waals surface area (Å²) in [5, 5.41) is 0. The van der Waals surface area contributed by atoms with Gasteiger partial charge in [-0.25, -0.2) is 4.98 Å². The van der Waals surface area contributed by atoms with Crippen molar-refractivity contribution in [1.29, 1.82) is 0 Å². The molecule has 0 aliphatic heterocycles. The third-order valence-electron chi connectivity index (χ3n) is 2.06. The molecule has 0 spiro atoms. The van der Waals surface area contributed by atoms with Gasteiger partial charge in [-0.15, -0.1) is 0 Å². The number of imidazole rings is 1. The molecule has 2 rings (SSSR count). The Bertz CT molecular complexity index is 431. The molecular formula is C9H9BrN2. The topological polar surface area (TPSA) is 17.8 Å². The first-order valence-corrected chi connectivity index (χ1v) is 4.57. The van der Waals surface area contributed by atoms with Crippen LogP contribution in [0.2, 0.25) is 0 Å². The first-order valence-electron chi connectivity index (χ1n) is 3.77. The van der Waals surface area contributed by atoms with Gasteiger partial charge in [0.1, 0.15) is 0 Å². The van der Waals surface area contributed by atoms with Crippen molar-refractivity contribution in [3.63, 3.8) is 0 Å². The smallest absolute Gasteiger partial charge is 0.177 e. The van der Waals surface area contributed by atoms with Crippen LogP contribution in [0.5, 0.6) is 0 Å². The molecule has 0 radical (unpaired) electrons. The van der Waals surface area contributed by atoms with Gasteiger partial charge >= 0.3 is 0 Å². The van der Waals surface area contributed by atoms with Crippen LogP contribution in [0.1, 0.15) is 5.56 Å². The van der Waals surface area contributed by atoms with Crippen molar-refractivity contribution >= 4 is 27.0 Å². The maximum atomic E-state index is 4.39. The lowest BCUT2D eigenvalue weighted by molar-refractivity contribution is 0.912. The molecule has 0 aliphatic carbocycles. The minimum atomic E-state index is 0.881. The summed E-state index contributed by atoms with van der Waals surface area (Å²) >= 11 is 3.39. The van der Waals surface area contributed by atoms with Crippen molar-refractivity contribution in [3.05, 3.63) is 28.5 Å². The Hall–Kier alpha value is -0.830. The molecule has 0 N–H and O–H groups in total. The molecule has 2 nitrogen and oxygen atoms in total. The molecule has 62 valence electrons. The van der Waals surface area contributed by atoms with Crippen LogP contribution in [0.4, 0.5) is 0 Å². The first kappa shape index (κ1) is 7.80. The second-order valence-corrected chi connectivity index (χ2v) is 3.59. The zero-order chi connectivity index (χ0) is 8.72. The van der Waals surface area contributed by atoms with E-state index in [1.165, 1.54) is 11.1 Å². The molecule has 12 heavy (non-hydrogen) atoms. The fourth-order valence-electron chi connectivity index (χ4n) is 1.33. The number of fused-ring (bicyclic) bond motifs is 1. The molecule has 0 amide bonds. The van der Waals surface area contributed by atoms with Crippen LogP contribution < -0.4 is 0 Å². The second-order valence-electron chi connectivity index (χ2n) is 2.88. The lowest BCUT2D eigenvalue weighted by Gasteiger charge is -1.95. The van der Waals surface area contributed by atoms with Crippen molar-refractivity contribution < 1.29 is 0 Å². The molecule has 1 aromatic heterocycles. The summed E-state index contributed by atoms with van der Waals surface area (Å²) in [4.78, 5) is 4.39. The maximum absolute atomic E-state index is 4.39.